The molecule has 1 saturated heterocycles. The zero-order chi connectivity index (χ0) is 29.2. The highest BCUT2D eigenvalue weighted by atomic mass is 35.5. The quantitative estimate of drug-likeness (QED) is 0.142. The molecular formula is C31H41ClN4O4S. The van der Waals surface area contributed by atoms with E-state index in [1.807, 2.05) is 67.6 Å². The summed E-state index contributed by atoms with van der Waals surface area (Å²) in [6.07, 6.45) is 1.92. The van der Waals surface area contributed by atoms with Crippen molar-refractivity contribution in [2.45, 2.75) is 44.8 Å². The Morgan fingerprint density at radius 1 is 1.05 bits per heavy atom. The molecule has 1 aliphatic rings. The highest BCUT2D eigenvalue weighted by molar-refractivity contribution is 8.25. The lowest BCUT2D eigenvalue weighted by Crippen LogP contribution is -2.49. The Morgan fingerprint density at radius 2 is 1.80 bits per heavy atom. The van der Waals surface area contributed by atoms with Crippen molar-refractivity contribution in [1.82, 2.24) is 10.6 Å². The number of halogens is 1. The van der Waals surface area contributed by atoms with Crippen molar-refractivity contribution >= 4 is 39.7 Å². The Bertz CT molecular complexity index is 1280. The molecule has 1 fully saturated rings. The Kier molecular flexibility index (Phi) is 11.3. The van der Waals surface area contributed by atoms with E-state index in [1.54, 1.807) is 16.4 Å². The van der Waals surface area contributed by atoms with Crippen molar-refractivity contribution in [3.8, 4) is 0 Å². The minimum absolute atomic E-state index is 0.291. The molecule has 1 aliphatic heterocycles. The highest BCUT2D eigenvalue weighted by Gasteiger charge is 2.28. The number of anilines is 2. The van der Waals surface area contributed by atoms with Crippen molar-refractivity contribution in [1.29, 1.82) is 0 Å². The second-order valence-electron chi connectivity index (χ2n) is 10.3. The molecule has 8 nitrogen and oxygen atoms in total. The SMILES string of the molecule is CCNc1cc(C(=O)NC(Cc2ccccc2)C(O)CNCCc2ccccc2Cl)cc(N2CCCCS2(O)O)c1. The van der Waals surface area contributed by atoms with Crippen LogP contribution in [0, 0.1) is 0 Å². The molecule has 41 heavy (non-hydrogen) atoms. The van der Waals surface area contributed by atoms with Gasteiger partial charge in [0, 0.05) is 35.9 Å². The Hall–Kier alpha value is -2.79. The molecule has 0 radical (unpaired) electrons. The number of rotatable bonds is 13. The van der Waals surface area contributed by atoms with Crippen LogP contribution in [0.4, 0.5) is 11.4 Å². The zero-order valence-corrected chi connectivity index (χ0v) is 25.0. The lowest BCUT2D eigenvalue weighted by atomic mass is 10.00. The molecule has 10 heteroatoms. The number of nitrogens with zero attached hydrogens (tertiary/aromatic N) is 1. The number of hydrogen-bond donors (Lipinski definition) is 6. The molecule has 0 aliphatic carbocycles. The molecule has 0 spiro atoms. The van der Waals surface area contributed by atoms with E-state index in [1.165, 1.54) is 0 Å². The van der Waals surface area contributed by atoms with Crippen LogP contribution in [0.1, 0.15) is 41.3 Å². The first-order chi connectivity index (χ1) is 19.8. The molecule has 2 unspecified atom stereocenters. The molecule has 0 saturated carbocycles. The van der Waals surface area contributed by atoms with Gasteiger partial charge >= 0.3 is 0 Å². The second-order valence-corrected chi connectivity index (χ2v) is 12.8. The monoisotopic (exact) mass is 600 g/mol. The molecule has 4 rings (SSSR count). The Labute approximate surface area is 249 Å². The van der Waals surface area contributed by atoms with Crippen LogP contribution in [0.15, 0.2) is 72.8 Å². The summed E-state index contributed by atoms with van der Waals surface area (Å²) in [6, 6.07) is 22.2. The van der Waals surface area contributed by atoms with Crippen LogP contribution in [0.2, 0.25) is 5.02 Å². The van der Waals surface area contributed by atoms with Gasteiger partial charge in [-0.05, 0) is 74.5 Å². The molecule has 1 heterocycles. The lowest BCUT2D eigenvalue weighted by Gasteiger charge is -2.47. The Balaban J connectivity index is 1.49. The molecule has 3 aromatic carbocycles. The summed E-state index contributed by atoms with van der Waals surface area (Å²) in [7, 11) is -2.95. The van der Waals surface area contributed by atoms with Gasteiger partial charge in [-0.2, -0.15) is 0 Å². The molecule has 222 valence electrons. The number of benzene rings is 3. The van der Waals surface area contributed by atoms with Gasteiger partial charge in [0.25, 0.3) is 5.91 Å². The fourth-order valence-corrected chi connectivity index (χ4v) is 6.92. The van der Waals surface area contributed by atoms with Gasteiger partial charge < -0.3 is 21.1 Å². The van der Waals surface area contributed by atoms with E-state index in [0.29, 0.717) is 54.6 Å². The second kappa shape index (κ2) is 14.9. The van der Waals surface area contributed by atoms with E-state index in [9.17, 15) is 19.0 Å². The normalized spacial score (nSPS) is 17.0. The van der Waals surface area contributed by atoms with Crippen LogP contribution in [0.3, 0.4) is 0 Å². The molecule has 2 atom stereocenters. The van der Waals surface area contributed by atoms with Crippen molar-refractivity contribution < 1.29 is 19.0 Å². The molecule has 3 aromatic rings. The van der Waals surface area contributed by atoms with Crippen LogP contribution >= 0.6 is 22.4 Å². The van der Waals surface area contributed by atoms with Crippen LogP contribution in [-0.4, -0.2) is 64.2 Å². The minimum atomic E-state index is -2.95. The van der Waals surface area contributed by atoms with Crippen LogP contribution in [-0.2, 0) is 12.8 Å². The number of nitrogens with one attached hydrogen (secondary N) is 3. The molecular weight excluding hydrogens is 560 g/mol. The first-order valence-corrected chi connectivity index (χ1v) is 16.2. The number of carbonyl (C=O) groups excluding carboxylic acids is 1. The van der Waals surface area contributed by atoms with E-state index in [4.69, 9.17) is 11.6 Å². The number of carbonyl (C=O) groups is 1. The summed E-state index contributed by atoms with van der Waals surface area (Å²) < 4.78 is 23.0. The van der Waals surface area contributed by atoms with Gasteiger partial charge in [-0.15, -0.1) is 10.8 Å². The maximum Gasteiger partial charge on any atom is 0.251 e. The lowest BCUT2D eigenvalue weighted by molar-refractivity contribution is 0.0831. The van der Waals surface area contributed by atoms with Gasteiger partial charge in [0.05, 0.1) is 23.6 Å². The fraction of sp³-hybridized carbons (Fsp3) is 0.387. The number of aliphatic hydroxyl groups excluding tert-OH is 1. The van der Waals surface area contributed by atoms with Gasteiger partial charge in [-0.3, -0.25) is 18.2 Å². The summed E-state index contributed by atoms with van der Waals surface area (Å²) in [4.78, 5) is 13.6. The first-order valence-electron chi connectivity index (χ1n) is 14.2. The maximum atomic E-state index is 13.6. The van der Waals surface area contributed by atoms with E-state index in [2.05, 4.69) is 16.0 Å². The molecule has 6 N–H and O–H groups in total. The average Bonchev–Trinajstić information content (AvgIpc) is 2.96. The predicted molar refractivity (Wildman–Crippen MR) is 170 cm³/mol. The third-order valence-electron chi connectivity index (χ3n) is 7.19. The van der Waals surface area contributed by atoms with Gasteiger partial charge in [-0.1, -0.05) is 60.1 Å². The largest absolute Gasteiger partial charge is 0.390 e. The smallest absolute Gasteiger partial charge is 0.251 e. The summed E-state index contributed by atoms with van der Waals surface area (Å²) in [5.41, 5.74) is 3.73. The summed E-state index contributed by atoms with van der Waals surface area (Å²) in [5, 5.41) is 21.5. The topological polar surface area (TPSA) is 117 Å². The molecule has 0 aromatic heterocycles. The fourth-order valence-electron chi connectivity index (χ4n) is 5.02. The van der Waals surface area contributed by atoms with Gasteiger partial charge in [0.1, 0.15) is 0 Å². The van der Waals surface area contributed by atoms with Crippen molar-refractivity contribution in [3.05, 3.63) is 94.5 Å². The van der Waals surface area contributed by atoms with E-state index in [-0.39, 0.29) is 5.91 Å². The first kappa shape index (κ1) is 31.2. The van der Waals surface area contributed by atoms with Crippen molar-refractivity contribution in [2.24, 2.45) is 0 Å². The van der Waals surface area contributed by atoms with Crippen LogP contribution < -0.4 is 20.3 Å². The number of hydrogen-bond acceptors (Lipinski definition) is 7. The summed E-state index contributed by atoms with van der Waals surface area (Å²) in [5.74, 6) is -0.0232. The zero-order valence-electron chi connectivity index (χ0n) is 23.4. The van der Waals surface area contributed by atoms with E-state index in [0.717, 1.165) is 36.1 Å². The minimum Gasteiger partial charge on any atom is -0.390 e. The molecule has 1 amide bonds. The van der Waals surface area contributed by atoms with Crippen molar-refractivity contribution in [2.75, 3.05) is 41.6 Å². The Morgan fingerprint density at radius 3 is 2.54 bits per heavy atom. The maximum absolute atomic E-state index is 13.6. The van der Waals surface area contributed by atoms with Gasteiger partial charge in [0.2, 0.25) is 0 Å². The van der Waals surface area contributed by atoms with Crippen LogP contribution in [0.25, 0.3) is 0 Å². The number of amides is 1. The van der Waals surface area contributed by atoms with E-state index >= 15 is 0 Å². The van der Waals surface area contributed by atoms with Crippen LogP contribution in [0.5, 0.6) is 0 Å². The molecule has 0 bridgehead atoms. The summed E-state index contributed by atoms with van der Waals surface area (Å²) in [6.45, 7) is 4.04. The van der Waals surface area contributed by atoms with Crippen molar-refractivity contribution in [3.63, 3.8) is 0 Å². The standard InChI is InChI=1S/C31H41ClN4O4S/c1-2-34-26-19-25(20-27(21-26)36-16-8-9-17-41(36,39)40)31(38)35-29(18-23-10-4-3-5-11-23)30(37)22-33-15-14-24-12-6-7-13-28(24)32/h3-7,10-13,19-21,29-30,33-34,37,39-40H,2,8-9,14-18,22H2,1H3,(H,35,38). The average molecular weight is 601 g/mol. The van der Waals surface area contributed by atoms with Gasteiger partial charge in [0.15, 0.2) is 0 Å². The summed E-state index contributed by atoms with van der Waals surface area (Å²) >= 11 is 6.27. The third-order valence-corrected chi connectivity index (χ3v) is 9.50. The highest BCUT2D eigenvalue weighted by Crippen LogP contribution is 2.50. The van der Waals surface area contributed by atoms with E-state index < -0.39 is 22.9 Å². The predicted octanol–water partition coefficient (Wildman–Crippen LogP) is 5.57. The van der Waals surface area contributed by atoms with Gasteiger partial charge in [-0.25, -0.2) is 0 Å². The number of aliphatic hydroxyl groups is 1. The third kappa shape index (κ3) is 8.85.